The first-order valence-electron chi connectivity index (χ1n) is 7.88. The first-order valence-corrected chi connectivity index (χ1v) is 8.26. The second kappa shape index (κ2) is 8.26. The van der Waals surface area contributed by atoms with Crippen molar-refractivity contribution in [1.82, 2.24) is 15.3 Å². The molecule has 1 saturated heterocycles. The highest BCUT2D eigenvalue weighted by Gasteiger charge is 2.11. The Morgan fingerprint density at radius 1 is 1.25 bits per heavy atom. The lowest BCUT2D eigenvalue weighted by molar-refractivity contribution is -0.138. The molecule has 0 aliphatic carbocycles. The maximum absolute atomic E-state index is 9.60. The largest absolute Gasteiger partial charge is 0.462 e. The highest BCUT2D eigenvalue weighted by atomic mass is 35.5. The van der Waals surface area contributed by atoms with Crippen molar-refractivity contribution in [2.45, 2.75) is 26.4 Å². The van der Waals surface area contributed by atoms with Crippen LogP contribution >= 0.6 is 11.6 Å². The smallest absolute Gasteiger partial charge is 0.293 e. The Morgan fingerprint density at radius 3 is 2.54 bits per heavy atom. The third-order valence-corrected chi connectivity index (χ3v) is 3.58. The molecule has 0 radical (unpaired) electrons. The number of rotatable bonds is 2. The summed E-state index contributed by atoms with van der Waals surface area (Å²) in [6.45, 7) is 9.97. The van der Waals surface area contributed by atoms with Crippen molar-refractivity contribution in [3.05, 3.63) is 29.5 Å². The van der Waals surface area contributed by atoms with Crippen LogP contribution in [0.5, 0.6) is 0 Å². The van der Waals surface area contributed by atoms with Crippen LogP contribution in [0.3, 0.4) is 0 Å². The van der Waals surface area contributed by atoms with Gasteiger partial charge in [0.15, 0.2) is 0 Å². The van der Waals surface area contributed by atoms with E-state index in [1.807, 2.05) is 33.0 Å². The third kappa shape index (κ3) is 5.62. The number of carbonyl (C=O) groups is 1. The first kappa shape index (κ1) is 18.4. The fourth-order valence-electron chi connectivity index (χ4n) is 2.21. The van der Waals surface area contributed by atoms with Gasteiger partial charge in [-0.3, -0.25) is 9.78 Å². The van der Waals surface area contributed by atoms with E-state index in [-0.39, 0.29) is 5.60 Å². The van der Waals surface area contributed by atoms with Gasteiger partial charge in [-0.1, -0.05) is 11.6 Å². The number of nitrogens with one attached hydrogen (secondary N) is 1. The second-order valence-corrected chi connectivity index (χ2v) is 6.82. The van der Waals surface area contributed by atoms with Gasteiger partial charge < -0.3 is 15.0 Å². The molecule has 0 saturated carbocycles. The van der Waals surface area contributed by atoms with Crippen LogP contribution in [0.25, 0.3) is 11.0 Å². The van der Waals surface area contributed by atoms with E-state index in [9.17, 15) is 4.79 Å². The van der Waals surface area contributed by atoms with Gasteiger partial charge in [-0.2, -0.15) is 0 Å². The number of piperazine rings is 1. The summed E-state index contributed by atoms with van der Waals surface area (Å²) in [5.74, 6) is 0. The summed E-state index contributed by atoms with van der Waals surface area (Å²) in [4.78, 5) is 20.6. The molecule has 0 unspecified atom stereocenters. The summed E-state index contributed by atoms with van der Waals surface area (Å²) in [6, 6.07) is 5.72. The van der Waals surface area contributed by atoms with Crippen LogP contribution in [0.15, 0.2) is 24.4 Å². The minimum atomic E-state index is -0.318. The summed E-state index contributed by atoms with van der Waals surface area (Å²) < 4.78 is 4.55. The quantitative estimate of drug-likeness (QED) is 0.663. The molecule has 0 aromatic carbocycles. The molecule has 2 aromatic rings. The van der Waals surface area contributed by atoms with E-state index in [0.717, 1.165) is 42.9 Å². The van der Waals surface area contributed by atoms with E-state index < -0.39 is 0 Å². The van der Waals surface area contributed by atoms with Crippen molar-refractivity contribution in [3.8, 4) is 0 Å². The average molecular weight is 351 g/mol. The zero-order valence-electron chi connectivity index (χ0n) is 14.3. The van der Waals surface area contributed by atoms with E-state index >= 15 is 0 Å². The lowest BCUT2D eigenvalue weighted by atomic mass is 10.2. The minimum absolute atomic E-state index is 0.318. The van der Waals surface area contributed by atoms with E-state index in [0.29, 0.717) is 11.6 Å². The molecular formula is C17H23ClN4O2. The summed E-state index contributed by atoms with van der Waals surface area (Å²) in [5.41, 5.74) is 2.54. The molecule has 130 valence electrons. The van der Waals surface area contributed by atoms with E-state index in [1.54, 1.807) is 6.07 Å². The minimum Gasteiger partial charge on any atom is -0.462 e. The normalized spacial score (nSPS) is 14.8. The van der Waals surface area contributed by atoms with Gasteiger partial charge in [0.25, 0.3) is 6.47 Å². The fraction of sp³-hybridized carbons (Fsp3) is 0.471. The lowest BCUT2D eigenvalue weighted by Gasteiger charge is -2.29. The molecule has 3 heterocycles. The van der Waals surface area contributed by atoms with Crippen molar-refractivity contribution >= 4 is 34.8 Å². The number of hydrogen-bond donors (Lipinski definition) is 1. The number of fused-ring (bicyclic) bond motifs is 1. The van der Waals surface area contributed by atoms with Crippen molar-refractivity contribution in [2.24, 2.45) is 0 Å². The summed E-state index contributed by atoms with van der Waals surface area (Å²) in [6.07, 6.45) is 1.91. The number of aromatic nitrogens is 2. The van der Waals surface area contributed by atoms with Crippen molar-refractivity contribution < 1.29 is 9.53 Å². The number of carbonyl (C=O) groups excluding carboxylic acids is 1. The van der Waals surface area contributed by atoms with Gasteiger partial charge in [0.05, 0.1) is 22.9 Å². The molecule has 0 bridgehead atoms. The van der Waals surface area contributed by atoms with Gasteiger partial charge in [-0.15, -0.1) is 0 Å². The Balaban J connectivity index is 0.000000256. The number of hydrogen-bond acceptors (Lipinski definition) is 6. The third-order valence-electron chi connectivity index (χ3n) is 3.37. The van der Waals surface area contributed by atoms with Crippen LogP contribution in [0, 0.1) is 0 Å². The number of ether oxygens (including phenoxy) is 1. The number of anilines is 1. The molecule has 0 amide bonds. The van der Waals surface area contributed by atoms with Gasteiger partial charge in [0.1, 0.15) is 10.8 Å². The molecule has 2 aromatic heterocycles. The van der Waals surface area contributed by atoms with Crippen LogP contribution in [-0.4, -0.2) is 48.2 Å². The van der Waals surface area contributed by atoms with Gasteiger partial charge >= 0.3 is 0 Å². The van der Waals surface area contributed by atoms with Crippen molar-refractivity contribution in [3.63, 3.8) is 0 Å². The number of pyridine rings is 2. The van der Waals surface area contributed by atoms with Crippen LogP contribution in [-0.2, 0) is 9.53 Å². The zero-order chi connectivity index (χ0) is 17.6. The Morgan fingerprint density at radius 2 is 1.96 bits per heavy atom. The molecule has 0 spiro atoms. The predicted molar refractivity (Wildman–Crippen MR) is 96.5 cm³/mol. The lowest BCUT2D eigenvalue weighted by Crippen LogP contribution is -2.43. The van der Waals surface area contributed by atoms with Crippen LogP contribution < -0.4 is 10.2 Å². The second-order valence-electron chi connectivity index (χ2n) is 6.43. The van der Waals surface area contributed by atoms with E-state index in [1.165, 1.54) is 0 Å². The van der Waals surface area contributed by atoms with Crippen molar-refractivity contribution in [1.29, 1.82) is 0 Å². The maximum atomic E-state index is 9.60. The zero-order valence-corrected chi connectivity index (χ0v) is 15.0. The molecule has 1 fully saturated rings. The summed E-state index contributed by atoms with van der Waals surface area (Å²) >= 11 is 5.89. The molecule has 1 N–H and O–H groups in total. The van der Waals surface area contributed by atoms with Gasteiger partial charge in [0, 0.05) is 26.2 Å². The van der Waals surface area contributed by atoms with Crippen LogP contribution in [0.2, 0.25) is 5.15 Å². The van der Waals surface area contributed by atoms with E-state index in [2.05, 4.69) is 31.0 Å². The molecular weight excluding hydrogens is 328 g/mol. The highest BCUT2D eigenvalue weighted by molar-refractivity contribution is 6.29. The Kier molecular flexibility index (Phi) is 6.34. The summed E-state index contributed by atoms with van der Waals surface area (Å²) in [5, 5.41) is 3.84. The molecule has 1 aliphatic rings. The topological polar surface area (TPSA) is 67.3 Å². The van der Waals surface area contributed by atoms with Crippen molar-refractivity contribution in [2.75, 3.05) is 31.1 Å². The monoisotopic (exact) mass is 350 g/mol. The summed E-state index contributed by atoms with van der Waals surface area (Å²) in [7, 11) is 0. The van der Waals surface area contributed by atoms with E-state index in [4.69, 9.17) is 11.6 Å². The first-order chi connectivity index (χ1) is 11.4. The SMILES string of the molecule is CC(C)(C)OC=O.Clc1ccc2ncc(N3CCNCC3)cc2n1. The molecule has 1 aliphatic heterocycles. The van der Waals surface area contributed by atoms with Crippen LogP contribution in [0.4, 0.5) is 5.69 Å². The average Bonchev–Trinajstić information content (AvgIpc) is 2.54. The molecule has 3 rings (SSSR count). The maximum Gasteiger partial charge on any atom is 0.293 e. The Bertz CT molecular complexity index is 682. The number of halogens is 1. The fourth-order valence-corrected chi connectivity index (χ4v) is 2.37. The Hall–Kier alpha value is -1.92. The highest BCUT2D eigenvalue weighted by Crippen LogP contribution is 2.20. The molecule has 6 nitrogen and oxygen atoms in total. The Labute approximate surface area is 147 Å². The standard InChI is InChI=1S/C12H13ClN4.C5H10O2/c13-12-2-1-10-11(16-12)7-9(8-15-10)17-5-3-14-4-6-17;1-5(2,3)7-4-6/h1-2,7-8,14H,3-6H2;4H,1-3H3. The molecule has 7 heteroatoms. The van der Waals surface area contributed by atoms with Crippen LogP contribution in [0.1, 0.15) is 20.8 Å². The molecule has 24 heavy (non-hydrogen) atoms. The number of nitrogens with zero attached hydrogens (tertiary/aromatic N) is 3. The van der Waals surface area contributed by atoms with Gasteiger partial charge in [0.2, 0.25) is 0 Å². The van der Waals surface area contributed by atoms with Gasteiger partial charge in [-0.05, 0) is 39.0 Å². The predicted octanol–water partition coefficient (Wildman–Crippen LogP) is 2.65. The van der Waals surface area contributed by atoms with Gasteiger partial charge in [-0.25, -0.2) is 4.98 Å². The molecule has 0 atom stereocenters.